The van der Waals surface area contributed by atoms with Crippen molar-refractivity contribution < 1.29 is 21.6 Å². The number of alkyl halides is 3. The van der Waals surface area contributed by atoms with Crippen molar-refractivity contribution in [3.63, 3.8) is 0 Å². The largest absolute Gasteiger partial charge is 0.416 e. The molecule has 1 aromatic carbocycles. The van der Waals surface area contributed by atoms with Crippen LogP contribution in [0.15, 0.2) is 22.7 Å². The van der Waals surface area contributed by atoms with E-state index in [9.17, 15) is 21.6 Å². The molecule has 2 N–H and O–H groups in total. The molecule has 0 saturated carbocycles. The highest BCUT2D eigenvalue weighted by atomic mass is 79.9. The second kappa shape index (κ2) is 6.10. The number of hydrogen-bond acceptors (Lipinski definition) is 3. The molecule has 0 amide bonds. The van der Waals surface area contributed by atoms with Gasteiger partial charge in [-0.3, -0.25) is 0 Å². The lowest BCUT2D eigenvalue weighted by molar-refractivity contribution is -0.137. The number of halogens is 4. The molecule has 19 heavy (non-hydrogen) atoms. The zero-order chi connectivity index (χ0) is 14.7. The van der Waals surface area contributed by atoms with Crippen molar-refractivity contribution in [2.24, 2.45) is 0 Å². The lowest BCUT2D eigenvalue weighted by Gasteiger charge is -2.12. The Balaban J connectivity index is 2.71. The number of benzene rings is 1. The Labute approximate surface area is 117 Å². The van der Waals surface area contributed by atoms with E-state index in [-0.39, 0.29) is 16.8 Å². The molecule has 0 heterocycles. The van der Waals surface area contributed by atoms with Crippen molar-refractivity contribution in [3.8, 4) is 0 Å². The number of sulfonamides is 1. The molecule has 4 nitrogen and oxygen atoms in total. The van der Waals surface area contributed by atoms with Crippen LogP contribution in [-0.2, 0) is 16.2 Å². The second-order valence-corrected chi connectivity index (χ2v) is 6.54. The van der Waals surface area contributed by atoms with E-state index < -0.39 is 21.8 Å². The third-order valence-electron chi connectivity index (χ3n) is 2.29. The highest BCUT2D eigenvalue weighted by molar-refractivity contribution is 9.10. The first-order chi connectivity index (χ1) is 8.65. The monoisotopic (exact) mass is 360 g/mol. The summed E-state index contributed by atoms with van der Waals surface area (Å²) in [5.74, 6) is -0.170. The number of nitrogens with one attached hydrogen (secondary N) is 2. The van der Waals surface area contributed by atoms with Gasteiger partial charge in [-0.25, -0.2) is 13.1 Å². The topological polar surface area (TPSA) is 58.2 Å². The molecule has 0 bridgehead atoms. The van der Waals surface area contributed by atoms with Gasteiger partial charge in [0.15, 0.2) is 0 Å². The van der Waals surface area contributed by atoms with Crippen LogP contribution in [-0.4, -0.2) is 27.8 Å². The van der Waals surface area contributed by atoms with E-state index in [0.717, 1.165) is 12.1 Å². The van der Waals surface area contributed by atoms with Crippen molar-refractivity contribution in [2.45, 2.75) is 6.18 Å². The quantitative estimate of drug-likeness (QED) is 0.847. The van der Waals surface area contributed by atoms with E-state index in [1.165, 1.54) is 13.1 Å². The maximum Gasteiger partial charge on any atom is 0.416 e. The van der Waals surface area contributed by atoms with Crippen LogP contribution in [0.25, 0.3) is 0 Å². The summed E-state index contributed by atoms with van der Waals surface area (Å²) < 4.78 is 61.9. The first kappa shape index (κ1) is 16.3. The van der Waals surface area contributed by atoms with Crippen molar-refractivity contribution in [3.05, 3.63) is 28.2 Å². The summed E-state index contributed by atoms with van der Waals surface area (Å²) in [6, 6.07) is 3.12. The zero-order valence-corrected chi connectivity index (χ0v) is 12.3. The summed E-state index contributed by atoms with van der Waals surface area (Å²) >= 11 is 3.01. The predicted octanol–water partition coefficient (Wildman–Crippen LogP) is 2.43. The van der Waals surface area contributed by atoms with E-state index >= 15 is 0 Å². The molecule has 9 heteroatoms. The fourth-order valence-electron chi connectivity index (χ4n) is 1.26. The van der Waals surface area contributed by atoms with Crippen LogP contribution in [0, 0.1) is 0 Å². The van der Waals surface area contributed by atoms with E-state index in [4.69, 9.17) is 0 Å². The van der Waals surface area contributed by atoms with E-state index in [0.29, 0.717) is 5.69 Å². The molecule has 0 spiro atoms. The molecule has 1 aromatic rings. The first-order valence-corrected chi connectivity index (χ1v) is 7.62. The number of hydrogen-bond donors (Lipinski definition) is 2. The summed E-state index contributed by atoms with van der Waals surface area (Å²) in [5.41, 5.74) is -0.368. The fraction of sp³-hybridized carbons (Fsp3) is 0.400. The van der Waals surface area contributed by atoms with Gasteiger partial charge in [0.1, 0.15) is 0 Å². The Kier molecular flexibility index (Phi) is 5.22. The summed E-state index contributed by atoms with van der Waals surface area (Å²) in [6.07, 6.45) is -4.41. The fourth-order valence-corrected chi connectivity index (χ4v) is 2.35. The number of rotatable bonds is 5. The van der Waals surface area contributed by atoms with Crippen LogP contribution in [0.5, 0.6) is 0 Å². The highest BCUT2D eigenvalue weighted by Gasteiger charge is 2.30. The summed E-state index contributed by atoms with van der Waals surface area (Å²) in [7, 11) is -2.05. The molecule has 1 rings (SSSR count). The van der Waals surface area contributed by atoms with Gasteiger partial charge >= 0.3 is 6.18 Å². The van der Waals surface area contributed by atoms with Crippen LogP contribution < -0.4 is 10.0 Å². The van der Waals surface area contributed by atoms with E-state index in [1.807, 2.05) is 0 Å². The van der Waals surface area contributed by atoms with Crippen molar-refractivity contribution in [1.29, 1.82) is 0 Å². The van der Waals surface area contributed by atoms with Crippen LogP contribution in [0.2, 0.25) is 0 Å². The van der Waals surface area contributed by atoms with Crippen LogP contribution >= 0.6 is 15.9 Å². The Morgan fingerprint density at radius 1 is 1.32 bits per heavy atom. The Morgan fingerprint density at radius 2 is 1.95 bits per heavy atom. The molecule has 0 aromatic heterocycles. The molecular formula is C10H12BrF3N2O2S. The van der Waals surface area contributed by atoms with Gasteiger partial charge < -0.3 is 5.32 Å². The lowest BCUT2D eigenvalue weighted by atomic mass is 10.2. The van der Waals surface area contributed by atoms with Crippen LogP contribution in [0.4, 0.5) is 18.9 Å². The molecule has 0 aliphatic rings. The molecule has 0 fully saturated rings. The van der Waals surface area contributed by atoms with Crippen molar-refractivity contribution in [2.75, 3.05) is 24.7 Å². The van der Waals surface area contributed by atoms with Gasteiger partial charge in [-0.15, -0.1) is 0 Å². The Hall–Kier alpha value is -0.800. The van der Waals surface area contributed by atoms with Gasteiger partial charge in [0.2, 0.25) is 10.0 Å². The molecule has 108 valence electrons. The number of anilines is 1. The average molecular weight is 361 g/mol. The first-order valence-electron chi connectivity index (χ1n) is 5.17. The molecule has 0 aliphatic heterocycles. The van der Waals surface area contributed by atoms with Gasteiger partial charge in [0, 0.05) is 16.7 Å². The minimum absolute atomic E-state index is 0.0904. The normalized spacial score (nSPS) is 12.5. The van der Waals surface area contributed by atoms with E-state index in [1.54, 1.807) is 0 Å². The molecule has 0 aliphatic carbocycles. The van der Waals surface area contributed by atoms with Gasteiger partial charge in [0.05, 0.1) is 11.3 Å². The minimum atomic E-state index is -4.41. The third kappa shape index (κ3) is 5.00. The zero-order valence-electron chi connectivity index (χ0n) is 9.88. The standard InChI is InChI=1S/C10H12BrF3N2O2S/c1-15-19(17,18)5-4-16-9-3-2-7(6-8(9)11)10(12,13)14/h2-3,6,15-16H,4-5H2,1H3. The van der Waals surface area contributed by atoms with Crippen molar-refractivity contribution in [1.82, 2.24) is 4.72 Å². The van der Waals surface area contributed by atoms with Gasteiger partial charge in [-0.2, -0.15) is 13.2 Å². The maximum atomic E-state index is 12.4. The summed E-state index contributed by atoms with van der Waals surface area (Å²) in [4.78, 5) is 0. The Bertz CT molecular complexity index is 546. The van der Waals surface area contributed by atoms with E-state index in [2.05, 4.69) is 26.0 Å². The summed E-state index contributed by atoms with van der Waals surface area (Å²) in [5, 5.41) is 2.75. The second-order valence-electron chi connectivity index (χ2n) is 3.64. The van der Waals surface area contributed by atoms with Gasteiger partial charge in [-0.1, -0.05) is 0 Å². The minimum Gasteiger partial charge on any atom is -0.383 e. The maximum absolute atomic E-state index is 12.4. The van der Waals surface area contributed by atoms with Crippen LogP contribution in [0.3, 0.4) is 0 Å². The predicted molar refractivity (Wildman–Crippen MR) is 70.5 cm³/mol. The highest BCUT2D eigenvalue weighted by Crippen LogP contribution is 2.33. The lowest BCUT2D eigenvalue weighted by Crippen LogP contribution is -2.26. The molecule has 0 saturated heterocycles. The third-order valence-corrected chi connectivity index (χ3v) is 4.31. The molecule has 0 atom stereocenters. The van der Waals surface area contributed by atoms with Crippen LogP contribution in [0.1, 0.15) is 5.56 Å². The smallest absolute Gasteiger partial charge is 0.383 e. The average Bonchev–Trinajstić information content (AvgIpc) is 2.30. The Morgan fingerprint density at radius 3 is 2.42 bits per heavy atom. The molecular weight excluding hydrogens is 349 g/mol. The summed E-state index contributed by atoms with van der Waals surface area (Å²) in [6.45, 7) is 0.0904. The molecule has 0 unspecified atom stereocenters. The van der Waals surface area contributed by atoms with Crippen molar-refractivity contribution >= 4 is 31.6 Å². The SMILES string of the molecule is CNS(=O)(=O)CCNc1ccc(C(F)(F)F)cc1Br. The molecule has 0 radical (unpaired) electrons. The van der Waals surface area contributed by atoms with Gasteiger partial charge in [-0.05, 0) is 41.2 Å². The van der Waals surface area contributed by atoms with Gasteiger partial charge in [0.25, 0.3) is 0 Å².